The van der Waals surface area contributed by atoms with Crippen LogP contribution in [0.1, 0.15) is 0 Å². The molecule has 1 heterocycles. The molecule has 1 aliphatic rings. The van der Waals surface area contributed by atoms with Gasteiger partial charge in [-0.2, -0.15) is 0 Å². The maximum absolute atomic E-state index is 10.5. The second-order valence-corrected chi connectivity index (χ2v) is 3.20. The summed E-state index contributed by atoms with van der Waals surface area (Å²) in [5, 5.41) is 10.5. The molecule has 80 valence electrons. The number of fused-ring (bicyclic) bond motifs is 1. The summed E-state index contributed by atoms with van der Waals surface area (Å²) in [5.41, 5.74) is 6.40. The van der Waals surface area contributed by atoms with Crippen molar-refractivity contribution in [2.24, 2.45) is 5.73 Å². The molecule has 2 rings (SSSR count). The van der Waals surface area contributed by atoms with Crippen LogP contribution in [-0.4, -0.2) is 24.7 Å². The molecule has 0 fully saturated rings. The van der Waals surface area contributed by atoms with E-state index in [1.807, 2.05) is 4.90 Å². The van der Waals surface area contributed by atoms with Gasteiger partial charge in [-0.1, -0.05) is 0 Å². The molecule has 0 unspecified atom stereocenters. The van der Waals surface area contributed by atoms with Crippen LogP contribution < -0.4 is 15.4 Å². The third kappa shape index (κ3) is 1.71. The van der Waals surface area contributed by atoms with Gasteiger partial charge < -0.3 is 15.4 Å². The van der Waals surface area contributed by atoms with Crippen molar-refractivity contribution in [2.45, 2.75) is 0 Å². The minimum Gasteiger partial charge on any atom is -0.489 e. The minimum absolute atomic E-state index is 0.0348. The van der Waals surface area contributed by atoms with E-state index in [9.17, 15) is 10.1 Å². The van der Waals surface area contributed by atoms with Gasteiger partial charge in [-0.3, -0.25) is 10.1 Å². The van der Waals surface area contributed by atoms with Gasteiger partial charge in [-0.05, 0) is 6.07 Å². The molecule has 6 nitrogen and oxygen atoms in total. The van der Waals surface area contributed by atoms with Gasteiger partial charge in [0.1, 0.15) is 12.4 Å². The predicted octanol–water partition coefficient (Wildman–Crippen LogP) is 0.710. The van der Waals surface area contributed by atoms with E-state index in [4.69, 9.17) is 10.5 Å². The Labute approximate surface area is 86.4 Å². The van der Waals surface area contributed by atoms with Crippen molar-refractivity contribution in [3.8, 4) is 5.75 Å². The molecule has 0 saturated heterocycles. The third-order valence-corrected chi connectivity index (χ3v) is 2.33. The first-order valence-electron chi connectivity index (χ1n) is 4.58. The molecule has 0 atom stereocenters. The van der Waals surface area contributed by atoms with Crippen LogP contribution in [0, 0.1) is 10.1 Å². The second kappa shape index (κ2) is 3.74. The van der Waals surface area contributed by atoms with Crippen molar-refractivity contribution < 1.29 is 9.66 Å². The molecular weight excluding hydrogens is 198 g/mol. The van der Waals surface area contributed by atoms with Crippen molar-refractivity contribution in [2.75, 3.05) is 24.7 Å². The van der Waals surface area contributed by atoms with Crippen LogP contribution in [0.5, 0.6) is 5.75 Å². The van der Waals surface area contributed by atoms with Crippen molar-refractivity contribution >= 4 is 11.4 Å². The number of hydrogen-bond donors (Lipinski definition) is 1. The van der Waals surface area contributed by atoms with Gasteiger partial charge in [-0.25, -0.2) is 0 Å². The molecule has 1 aliphatic heterocycles. The van der Waals surface area contributed by atoms with Crippen LogP contribution in [0.25, 0.3) is 0 Å². The number of ether oxygens (including phenoxy) is 1. The fourth-order valence-electron chi connectivity index (χ4n) is 1.57. The lowest BCUT2D eigenvalue weighted by Gasteiger charge is -2.29. The largest absolute Gasteiger partial charge is 0.489 e. The van der Waals surface area contributed by atoms with Crippen LogP contribution in [0.3, 0.4) is 0 Å². The lowest BCUT2D eigenvalue weighted by atomic mass is 10.2. The van der Waals surface area contributed by atoms with E-state index >= 15 is 0 Å². The summed E-state index contributed by atoms with van der Waals surface area (Å²) in [6.45, 7) is 1.60. The average molecular weight is 209 g/mol. The molecule has 6 heteroatoms. The third-order valence-electron chi connectivity index (χ3n) is 2.33. The molecule has 2 N–H and O–H groups in total. The van der Waals surface area contributed by atoms with E-state index in [2.05, 4.69) is 0 Å². The van der Waals surface area contributed by atoms with Crippen molar-refractivity contribution in [1.29, 1.82) is 0 Å². The number of nitro groups is 1. The number of nitrogens with two attached hydrogens (primary N) is 1. The van der Waals surface area contributed by atoms with E-state index in [1.54, 1.807) is 6.07 Å². The molecule has 0 radical (unpaired) electrons. The van der Waals surface area contributed by atoms with Gasteiger partial charge in [0.05, 0.1) is 29.9 Å². The van der Waals surface area contributed by atoms with E-state index in [1.165, 1.54) is 12.1 Å². The summed E-state index contributed by atoms with van der Waals surface area (Å²) < 4.78 is 5.34. The Bertz CT molecular complexity index is 394. The van der Waals surface area contributed by atoms with Crippen LogP contribution >= 0.6 is 0 Å². The van der Waals surface area contributed by atoms with E-state index in [-0.39, 0.29) is 5.69 Å². The molecule has 0 aromatic heterocycles. The molecule has 0 amide bonds. The Morgan fingerprint density at radius 3 is 3.07 bits per heavy atom. The van der Waals surface area contributed by atoms with Crippen LogP contribution in [-0.2, 0) is 0 Å². The highest BCUT2D eigenvalue weighted by Crippen LogP contribution is 2.34. The van der Waals surface area contributed by atoms with E-state index < -0.39 is 4.92 Å². The lowest BCUT2D eigenvalue weighted by molar-refractivity contribution is -0.384. The van der Waals surface area contributed by atoms with Crippen molar-refractivity contribution in [1.82, 2.24) is 0 Å². The van der Waals surface area contributed by atoms with E-state index in [0.717, 1.165) is 5.69 Å². The molecule has 0 saturated carbocycles. The van der Waals surface area contributed by atoms with Crippen molar-refractivity contribution in [3.05, 3.63) is 28.3 Å². The Morgan fingerprint density at radius 1 is 1.60 bits per heavy atom. The molecule has 1 aromatic carbocycles. The SMILES string of the molecule is NCN1CCOc2cc([N+](=O)[O-])ccc21. The Morgan fingerprint density at radius 2 is 2.40 bits per heavy atom. The van der Waals surface area contributed by atoms with E-state index in [0.29, 0.717) is 25.6 Å². The summed E-state index contributed by atoms with van der Waals surface area (Å²) in [5.74, 6) is 0.529. The summed E-state index contributed by atoms with van der Waals surface area (Å²) in [7, 11) is 0. The molecule has 15 heavy (non-hydrogen) atoms. The zero-order valence-corrected chi connectivity index (χ0v) is 8.05. The summed E-state index contributed by atoms with van der Waals surface area (Å²) in [6, 6.07) is 4.55. The summed E-state index contributed by atoms with van der Waals surface area (Å²) >= 11 is 0. The van der Waals surface area contributed by atoms with Gasteiger partial charge in [0.25, 0.3) is 5.69 Å². The van der Waals surface area contributed by atoms with Gasteiger partial charge in [0.15, 0.2) is 0 Å². The predicted molar refractivity (Wildman–Crippen MR) is 55.0 cm³/mol. The zero-order valence-electron chi connectivity index (χ0n) is 8.05. The molecule has 0 aliphatic carbocycles. The van der Waals surface area contributed by atoms with Crippen LogP contribution in [0.15, 0.2) is 18.2 Å². The maximum Gasteiger partial charge on any atom is 0.273 e. The number of hydrogen-bond acceptors (Lipinski definition) is 5. The highest BCUT2D eigenvalue weighted by molar-refractivity contribution is 5.63. The van der Waals surface area contributed by atoms with Gasteiger partial charge in [-0.15, -0.1) is 0 Å². The second-order valence-electron chi connectivity index (χ2n) is 3.20. The highest BCUT2D eigenvalue weighted by Gasteiger charge is 2.19. The average Bonchev–Trinajstić information content (AvgIpc) is 2.27. The summed E-state index contributed by atoms with van der Waals surface area (Å²) in [4.78, 5) is 12.0. The van der Waals surface area contributed by atoms with Gasteiger partial charge in [0, 0.05) is 6.07 Å². The molecule has 0 spiro atoms. The number of non-ortho nitro benzene ring substituents is 1. The topological polar surface area (TPSA) is 81.6 Å². The Balaban J connectivity index is 2.40. The molecule has 1 aromatic rings. The maximum atomic E-state index is 10.5. The first-order valence-corrected chi connectivity index (χ1v) is 4.58. The fraction of sp³-hybridized carbons (Fsp3) is 0.333. The molecular formula is C9H11N3O3. The lowest BCUT2D eigenvalue weighted by Crippen LogP contribution is -2.36. The number of rotatable bonds is 2. The number of nitrogens with zero attached hydrogens (tertiary/aromatic N) is 2. The number of benzene rings is 1. The first kappa shape index (κ1) is 9.72. The smallest absolute Gasteiger partial charge is 0.273 e. The quantitative estimate of drug-likeness (QED) is 0.573. The Kier molecular flexibility index (Phi) is 2.42. The van der Waals surface area contributed by atoms with Gasteiger partial charge in [0.2, 0.25) is 0 Å². The highest BCUT2D eigenvalue weighted by atomic mass is 16.6. The molecule has 0 bridgehead atoms. The summed E-state index contributed by atoms with van der Waals surface area (Å²) in [6.07, 6.45) is 0. The normalized spacial score (nSPS) is 14.3. The Hall–Kier alpha value is -1.82. The fourth-order valence-corrected chi connectivity index (χ4v) is 1.57. The minimum atomic E-state index is -0.439. The van der Waals surface area contributed by atoms with Crippen LogP contribution in [0.4, 0.5) is 11.4 Å². The number of anilines is 1. The monoisotopic (exact) mass is 209 g/mol. The van der Waals surface area contributed by atoms with Crippen LogP contribution in [0.2, 0.25) is 0 Å². The standard InChI is InChI=1S/C9H11N3O3/c10-6-11-3-4-15-9-5-7(12(13)14)1-2-8(9)11/h1-2,5H,3-4,6,10H2. The van der Waals surface area contributed by atoms with Gasteiger partial charge >= 0.3 is 0 Å². The first-order chi connectivity index (χ1) is 7.22. The number of nitro benzene ring substituents is 1. The van der Waals surface area contributed by atoms with Crippen molar-refractivity contribution in [3.63, 3.8) is 0 Å². The zero-order chi connectivity index (χ0) is 10.8.